The Kier molecular flexibility index (Phi) is 4.70. The van der Waals surface area contributed by atoms with Gasteiger partial charge in [0.25, 0.3) is 0 Å². The Hall–Kier alpha value is -2.16. The number of rotatable bonds is 4. The van der Waals surface area contributed by atoms with Gasteiger partial charge in [-0.2, -0.15) is 18.3 Å². The van der Waals surface area contributed by atoms with E-state index >= 15 is 0 Å². The summed E-state index contributed by atoms with van der Waals surface area (Å²) in [5.41, 5.74) is -0.810. The van der Waals surface area contributed by atoms with Crippen LogP contribution in [0.3, 0.4) is 0 Å². The van der Waals surface area contributed by atoms with Crippen molar-refractivity contribution in [3.8, 4) is 0 Å². The number of aromatic nitrogens is 4. The molecule has 0 spiro atoms. The van der Waals surface area contributed by atoms with Crippen molar-refractivity contribution in [1.29, 1.82) is 0 Å². The van der Waals surface area contributed by atoms with Crippen molar-refractivity contribution in [3.63, 3.8) is 0 Å². The van der Waals surface area contributed by atoms with Gasteiger partial charge in [-0.15, -0.1) is 5.10 Å². The minimum atomic E-state index is -4.39. The summed E-state index contributed by atoms with van der Waals surface area (Å²) in [5, 5.41) is 8.02. The molecule has 1 aliphatic heterocycles. The summed E-state index contributed by atoms with van der Waals surface area (Å²) < 4.78 is 37.9. The normalized spacial score (nSPS) is 19.0. The van der Waals surface area contributed by atoms with Crippen molar-refractivity contribution in [2.45, 2.75) is 31.6 Å². The third kappa shape index (κ3) is 3.84. The lowest BCUT2D eigenvalue weighted by Crippen LogP contribution is -2.46. The van der Waals surface area contributed by atoms with Gasteiger partial charge in [0.15, 0.2) is 5.82 Å². The highest BCUT2D eigenvalue weighted by Crippen LogP contribution is 2.27. The number of H-pyrrole nitrogens is 1. The van der Waals surface area contributed by atoms with Gasteiger partial charge >= 0.3 is 6.18 Å². The van der Waals surface area contributed by atoms with E-state index in [0.717, 1.165) is 37.9 Å². The molecule has 0 amide bonds. The van der Waals surface area contributed by atoms with Crippen LogP contribution in [0.25, 0.3) is 0 Å². The highest BCUT2D eigenvalue weighted by molar-refractivity contribution is 5.37. The van der Waals surface area contributed by atoms with Crippen LogP contribution in [0.15, 0.2) is 24.5 Å². The zero-order chi connectivity index (χ0) is 17.2. The largest absolute Gasteiger partial charge is 0.432 e. The summed E-state index contributed by atoms with van der Waals surface area (Å²) in [6, 6.07) is 3.98. The molecule has 0 aliphatic carbocycles. The average molecular weight is 340 g/mol. The second kappa shape index (κ2) is 6.76. The molecule has 1 fully saturated rings. The number of nitrogens with zero attached hydrogens (tertiary/aromatic N) is 5. The van der Waals surface area contributed by atoms with Gasteiger partial charge in [-0.1, -0.05) is 0 Å². The zero-order valence-electron chi connectivity index (χ0n) is 13.3. The maximum atomic E-state index is 12.6. The summed E-state index contributed by atoms with van der Waals surface area (Å²) in [7, 11) is 1.90. The van der Waals surface area contributed by atoms with E-state index in [1.54, 1.807) is 6.20 Å². The predicted molar refractivity (Wildman–Crippen MR) is 82.3 cm³/mol. The van der Waals surface area contributed by atoms with Crippen molar-refractivity contribution in [3.05, 3.63) is 36.0 Å². The smallest absolute Gasteiger partial charge is 0.354 e. The number of anilines is 1. The van der Waals surface area contributed by atoms with E-state index in [0.29, 0.717) is 12.4 Å². The van der Waals surface area contributed by atoms with Crippen LogP contribution < -0.4 is 4.90 Å². The SMILES string of the molecule is CN(Cc1ncc(C(F)(F)F)[nH]1)C1CCCN(c2cccnn2)C1. The van der Waals surface area contributed by atoms with E-state index in [4.69, 9.17) is 0 Å². The summed E-state index contributed by atoms with van der Waals surface area (Å²) >= 11 is 0. The summed E-state index contributed by atoms with van der Waals surface area (Å²) in [6.07, 6.45) is 0.0666. The minimum absolute atomic E-state index is 0.222. The Labute approximate surface area is 137 Å². The first kappa shape index (κ1) is 16.7. The molecule has 6 nitrogen and oxygen atoms in total. The Balaban J connectivity index is 1.62. The first-order valence-corrected chi connectivity index (χ1v) is 7.77. The number of aromatic amines is 1. The molecule has 0 radical (unpaired) electrons. The molecule has 1 unspecified atom stereocenters. The van der Waals surface area contributed by atoms with E-state index in [1.807, 2.05) is 24.1 Å². The number of piperidine rings is 1. The summed E-state index contributed by atoms with van der Waals surface area (Å²) in [6.45, 7) is 2.01. The number of hydrogen-bond donors (Lipinski definition) is 1. The molecule has 2 aromatic heterocycles. The van der Waals surface area contributed by atoms with Crippen LogP contribution in [0, 0.1) is 0 Å². The van der Waals surface area contributed by atoms with E-state index in [9.17, 15) is 13.2 Å². The molecule has 0 saturated carbocycles. The van der Waals surface area contributed by atoms with Crippen LogP contribution in [0.4, 0.5) is 19.0 Å². The maximum Gasteiger partial charge on any atom is 0.432 e. The van der Waals surface area contributed by atoms with Crippen molar-refractivity contribution in [1.82, 2.24) is 25.1 Å². The van der Waals surface area contributed by atoms with E-state index in [1.165, 1.54) is 0 Å². The average Bonchev–Trinajstić information content (AvgIpc) is 3.05. The lowest BCUT2D eigenvalue weighted by molar-refractivity contribution is -0.141. The molecule has 0 aromatic carbocycles. The molecule has 1 atom stereocenters. The zero-order valence-corrected chi connectivity index (χ0v) is 13.3. The van der Waals surface area contributed by atoms with Gasteiger partial charge in [0, 0.05) is 25.3 Å². The number of hydrogen-bond acceptors (Lipinski definition) is 5. The minimum Gasteiger partial charge on any atom is -0.354 e. The summed E-state index contributed by atoms with van der Waals surface area (Å²) in [5.74, 6) is 1.15. The van der Waals surface area contributed by atoms with Crippen LogP contribution in [-0.4, -0.2) is 51.2 Å². The van der Waals surface area contributed by atoms with Gasteiger partial charge < -0.3 is 9.88 Å². The number of likely N-dealkylation sites (N-methyl/N-ethyl adjacent to an activating group) is 1. The Bertz CT molecular complexity index is 657. The number of alkyl halides is 3. The van der Waals surface area contributed by atoms with E-state index < -0.39 is 11.9 Å². The third-order valence-corrected chi connectivity index (χ3v) is 4.24. The monoisotopic (exact) mass is 340 g/mol. The van der Waals surface area contributed by atoms with Gasteiger partial charge in [0.2, 0.25) is 0 Å². The first-order chi connectivity index (χ1) is 11.4. The van der Waals surface area contributed by atoms with Crippen LogP contribution in [0.5, 0.6) is 0 Å². The number of halogens is 3. The van der Waals surface area contributed by atoms with Crippen molar-refractivity contribution in [2.75, 3.05) is 25.0 Å². The van der Waals surface area contributed by atoms with Crippen LogP contribution in [0.2, 0.25) is 0 Å². The van der Waals surface area contributed by atoms with Crippen LogP contribution >= 0.6 is 0 Å². The Morgan fingerprint density at radius 3 is 2.92 bits per heavy atom. The maximum absolute atomic E-state index is 12.6. The molecule has 2 aromatic rings. The van der Waals surface area contributed by atoms with Crippen molar-refractivity contribution < 1.29 is 13.2 Å². The summed E-state index contributed by atoms with van der Waals surface area (Å²) in [4.78, 5) is 10.4. The van der Waals surface area contributed by atoms with Gasteiger partial charge in [-0.05, 0) is 32.0 Å². The first-order valence-electron chi connectivity index (χ1n) is 7.77. The molecule has 9 heteroatoms. The van der Waals surface area contributed by atoms with Gasteiger partial charge in [0.05, 0.1) is 12.7 Å². The lowest BCUT2D eigenvalue weighted by atomic mass is 10.0. The van der Waals surface area contributed by atoms with Gasteiger partial charge in [0.1, 0.15) is 11.5 Å². The van der Waals surface area contributed by atoms with E-state index in [-0.39, 0.29) is 6.04 Å². The topological polar surface area (TPSA) is 60.9 Å². The number of nitrogens with one attached hydrogen (secondary N) is 1. The highest BCUT2D eigenvalue weighted by atomic mass is 19.4. The molecule has 0 bridgehead atoms. The molecular weight excluding hydrogens is 321 g/mol. The number of imidazole rings is 1. The Morgan fingerprint density at radius 1 is 1.42 bits per heavy atom. The molecule has 1 N–H and O–H groups in total. The molecule has 130 valence electrons. The fourth-order valence-electron chi connectivity index (χ4n) is 2.94. The predicted octanol–water partition coefficient (Wildman–Crippen LogP) is 2.32. The van der Waals surface area contributed by atoms with Crippen molar-refractivity contribution in [2.24, 2.45) is 0 Å². The van der Waals surface area contributed by atoms with E-state index in [2.05, 4.69) is 25.1 Å². The molecule has 1 aliphatic rings. The van der Waals surface area contributed by atoms with Gasteiger partial charge in [-0.25, -0.2) is 4.98 Å². The highest BCUT2D eigenvalue weighted by Gasteiger charge is 2.33. The molecule has 24 heavy (non-hydrogen) atoms. The second-order valence-electron chi connectivity index (χ2n) is 5.98. The standard InChI is InChI=1S/C15H19F3N6/c1-23(10-13-19-8-12(21-13)15(16,17)18)11-4-3-7-24(9-11)14-5-2-6-20-22-14/h2,5-6,8,11H,3-4,7,9-10H2,1H3,(H,19,21). The van der Waals surface area contributed by atoms with Crippen LogP contribution in [0.1, 0.15) is 24.4 Å². The molecule has 3 rings (SSSR count). The molecule has 1 saturated heterocycles. The lowest BCUT2D eigenvalue weighted by Gasteiger charge is -2.37. The molecular formula is C15H19F3N6. The van der Waals surface area contributed by atoms with Crippen LogP contribution in [-0.2, 0) is 12.7 Å². The quantitative estimate of drug-likeness (QED) is 0.926. The fourth-order valence-corrected chi connectivity index (χ4v) is 2.94. The second-order valence-corrected chi connectivity index (χ2v) is 5.98. The fraction of sp³-hybridized carbons (Fsp3) is 0.533. The van der Waals surface area contributed by atoms with Crippen molar-refractivity contribution >= 4 is 5.82 Å². The van der Waals surface area contributed by atoms with Gasteiger partial charge in [-0.3, -0.25) is 4.90 Å². The molecule has 3 heterocycles. The third-order valence-electron chi connectivity index (χ3n) is 4.24. The Morgan fingerprint density at radius 2 is 2.25 bits per heavy atom.